The van der Waals surface area contributed by atoms with Crippen molar-refractivity contribution in [1.29, 1.82) is 0 Å². The normalized spacial score (nSPS) is 12.3. The molecule has 0 amide bonds. The molecule has 1 heterocycles. The molecule has 0 spiro atoms. The van der Waals surface area contributed by atoms with Crippen LogP contribution in [0.1, 0.15) is 5.69 Å². The van der Waals surface area contributed by atoms with Crippen LogP contribution in [0.2, 0.25) is 0 Å². The minimum Gasteiger partial charge on any atom is -0.378 e. The second-order valence-corrected chi connectivity index (χ2v) is 5.43. The number of hydrogen-bond donors (Lipinski definition) is 0. The lowest BCUT2D eigenvalue weighted by Crippen LogP contribution is -2.13. The fraction of sp³-hybridized carbons (Fsp3) is 0.571. The van der Waals surface area contributed by atoms with Crippen molar-refractivity contribution in [1.82, 2.24) is 9.78 Å². The third-order valence-corrected chi connectivity index (χ3v) is 3.13. The quantitative estimate of drug-likeness (QED) is 0.758. The van der Waals surface area contributed by atoms with Crippen LogP contribution in [0.4, 0.5) is 8.78 Å². The summed E-state index contributed by atoms with van der Waals surface area (Å²) in [5, 5.41) is 3.53. The predicted octanol–water partition coefficient (Wildman–Crippen LogP) is 1.22. The molecule has 0 bridgehead atoms. The zero-order valence-electron chi connectivity index (χ0n) is 8.23. The summed E-state index contributed by atoms with van der Waals surface area (Å²) in [6, 6.07) is 0. The van der Waals surface area contributed by atoms with Crippen molar-refractivity contribution in [2.75, 3.05) is 7.11 Å². The second kappa shape index (κ2) is 5.07. The highest BCUT2D eigenvalue weighted by Gasteiger charge is 2.22. The van der Waals surface area contributed by atoms with Gasteiger partial charge in [-0.05, 0) is 0 Å². The highest BCUT2D eigenvalue weighted by atomic mass is 35.7. The van der Waals surface area contributed by atoms with Crippen LogP contribution in [-0.2, 0) is 26.9 Å². The van der Waals surface area contributed by atoms with Gasteiger partial charge in [0.1, 0.15) is 11.4 Å². The lowest BCUT2D eigenvalue weighted by atomic mass is 10.4. The van der Waals surface area contributed by atoms with Gasteiger partial charge >= 0.3 is 0 Å². The molecule has 0 fully saturated rings. The molecule has 0 aliphatic heterocycles. The fourth-order valence-corrected chi connectivity index (χ4v) is 2.17. The molecule has 0 N–H and O–H groups in total. The summed E-state index contributed by atoms with van der Waals surface area (Å²) in [5.41, 5.74) is 0.0119. The molecule has 1 aromatic heterocycles. The van der Waals surface area contributed by atoms with E-state index < -0.39 is 22.0 Å². The van der Waals surface area contributed by atoms with E-state index in [1.54, 1.807) is 0 Å². The van der Waals surface area contributed by atoms with Gasteiger partial charge in [0.15, 0.2) is 0 Å². The van der Waals surface area contributed by atoms with E-state index in [2.05, 4.69) is 5.10 Å². The average molecular weight is 275 g/mol. The molecule has 5 nitrogen and oxygen atoms in total. The first kappa shape index (κ1) is 13.3. The van der Waals surface area contributed by atoms with Gasteiger partial charge in [-0.25, -0.2) is 17.2 Å². The van der Waals surface area contributed by atoms with Crippen LogP contribution in [-0.4, -0.2) is 31.7 Å². The van der Waals surface area contributed by atoms with Gasteiger partial charge in [-0.15, -0.1) is 0 Å². The van der Waals surface area contributed by atoms with Crippen molar-refractivity contribution in [2.45, 2.75) is 24.5 Å². The predicted molar refractivity (Wildman–Crippen MR) is 52.0 cm³/mol. The third kappa shape index (κ3) is 3.13. The highest BCUT2D eigenvalue weighted by Crippen LogP contribution is 2.21. The monoisotopic (exact) mass is 274 g/mol. The molecule has 9 heteroatoms. The molecule has 92 valence electrons. The van der Waals surface area contributed by atoms with Gasteiger partial charge in [-0.2, -0.15) is 5.10 Å². The lowest BCUT2D eigenvalue weighted by molar-refractivity contribution is 0.114. The summed E-state index contributed by atoms with van der Waals surface area (Å²) in [6.45, 7) is -0.862. The van der Waals surface area contributed by atoms with Crippen LogP contribution < -0.4 is 0 Å². The molecule has 0 aliphatic rings. The standard InChI is InChI=1S/C7H9ClF2N2O3S/c1-15-4-5-6(16(8,13)14)2-11-12(5)3-7(9)10/h2,7H,3-4H2,1H3. The van der Waals surface area contributed by atoms with Crippen LogP contribution in [0.3, 0.4) is 0 Å². The molecule has 0 saturated carbocycles. The largest absolute Gasteiger partial charge is 0.378 e. The van der Waals surface area contributed by atoms with Gasteiger partial charge in [0.05, 0.1) is 18.5 Å². The smallest absolute Gasteiger partial charge is 0.264 e. The maximum absolute atomic E-state index is 12.2. The van der Waals surface area contributed by atoms with Crippen LogP contribution in [0.25, 0.3) is 0 Å². The minimum atomic E-state index is -4.01. The maximum Gasteiger partial charge on any atom is 0.264 e. The average Bonchev–Trinajstić information content (AvgIpc) is 2.47. The Morgan fingerprint density at radius 1 is 1.62 bits per heavy atom. The van der Waals surface area contributed by atoms with E-state index in [9.17, 15) is 17.2 Å². The third-order valence-electron chi connectivity index (χ3n) is 1.77. The number of halogens is 3. The topological polar surface area (TPSA) is 61.2 Å². The van der Waals surface area contributed by atoms with Crippen molar-refractivity contribution in [3.05, 3.63) is 11.9 Å². The molecule has 1 aromatic rings. The molecule has 1 rings (SSSR count). The van der Waals surface area contributed by atoms with Gasteiger partial charge in [0, 0.05) is 17.8 Å². The van der Waals surface area contributed by atoms with Gasteiger partial charge in [-0.3, -0.25) is 4.68 Å². The number of alkyl halides is 2. The summed E-state index contributed by atoms with van der Waals surface area (Å²) in [4.78, 5) is -0.309. The number of nitrogens with zero attached hydrogens (tertiary/aromatic N) is 2. The number of aromatic nitrogens is 2. The molecule has 0 aromatic carbocycles. The number of methoxy groups -OCH3 is 1. The molecule has 0 unspecified atom stereocenters. The lowest BCUT2D eigenvalue weighted by Gasteiger charge is -2.06. The van der Waals surface area contributed by atoms with Crippen molar-refractivity contribution < 1.29 is 21.9 Å². The van der Waals surface area contributed by atoms with E-state index in [0.29, 0.717) is 0 Å². The van der Waals surface area contributed by atoms with Crippen LogP contribution >= 0.6 is 10.7 Å². The SMILES string of the molecule is COCc1c(S(=O)(=O)Cl)cnn1CC(F)F. The number of hydrogen-bond acceptors (Lipinski definition) is 4. The molecule has 0 saturated heterocycles. The van der Waals surface area contributed by atoms with Crippen molar-refractivity contribution >= 4 is 19.7 Å². The Hall–Kier alpha value is -0.730. The molecule has 0 radical (unpaired) electrons. The van der Waals surface area contributed by atoms with Gasteiger partial charge in [0.25, 0.3) is 15.5 Å². The fourth-order valence-electron chi connectivity index (χ4n) is 1.17. The van der Waals surface area contributed by atoms with E-state index in [0.717, 1.165) is 10.9 Å². The first-order chi connectivity index (χ1) is 7.36. The molecule has 16 heavy (non-hydrogen) atoms. The van der Waals surface area contributed by atoms with Gasteiger partial charge in [0.2, 0.25) is 0 Å². The summed E-state index contributed by atoms with van der Waals surface area (Å²) < 4.78 is 52.1. The molecular weight excluding hydrogens is 266 g/mol. The van der Waals surface area contributed by atoms with E-state index in [1.165, 1.54) is 7.11 Å². The Balaban J connectivity index is 3.17. The van der Waals surface area contributed by atoms with Crippen molar-refractivity contribution in [3.63, 3.8) is 0 Å². The summed E-state index contributed by atoms with van der Waals surface area (Å²) in [7, 11) is 2.43. The highest BCUT2D eigenvalue weighted by molar-refractivity contribution is 8.13. The van der Waals surface area contributed by atoms with E-state index >= 15 is 0 Å². The van der Waals surface area contributed by atoms with Crippen LogP contribution in [0, 0.1) is 0 Å². The van der Waals surface area contributed by atoms with Crippen molar-refractivity contribution in [2.24, 2.45) is 0 Å². The Morgan fingerprint density at radius 3 is 2.69 bits per heavy atom. The second-order valence-electron chi connectivity index (χ2n) is 2.90. The molecule has 0 aliphatic carbocycles. The van der Waals surface area contributed by atoms with E-state index in [-0.39, 0.29) is 17.2 Å². The van der Waals surface area contributed by atoms with E-state index in [1.807, 2.05) is 0 Å². The first-order valence-electron chi connectivity index (χ1n) is 4.12. The summed E-state index contributed by atoms with van der Waals surface area (Å²) in [6.07, 6.45) is -1.71. The van der Waals surface area contributed by atoms with Crippen molar-refractivity contribution in [3.8, 4) is 0 Å². The molecular formula is C7H9ClF2N2O3S. The Kier molecular flexibility index (Phi) is 4.22. The zero-order chi connectivity index (χ0) is 12.3. The van der Waals surface area contributed by atoms with Crippen LogP contribution in [0.15, 0.2) is 11.1 Å². The summed E-state index contributed by atoms with van der Waals surface area (Å²) >= 11 is 0. The Labute approximate surface area is 95.4 Å². The Bertz CT molecular complexity index is 460. The van der Waals surface area contributed by atoms with Gasteiger partial charge in [-0.1, -0.05) is 0 Å². The number of rotatable bonds is 5. The maximum atomic E-state index is 12.2. The minimum absolute atomic E-state index is 0.0119. The summed E-state index contributed by atoms with van der Waals surface area (Å²) in [5.74, 6) is 0. The Morgan fingerprint density at radius 2 is 2.25 bits per heavy atom. The first-order valence-corrected chi connectivity index (χ1v) is 6.43. The van der Waals surface area contributed by atoms with Gasteiger partial charge < -0.3 is 4.74 Å². The zero-order valence-corrected chi connectivity index (χ0v) is 9.80. The van der Waals surface area contributed by atoms with Crippen LogP contribution in [0.5, 0.6) is 0 Å². The number of ether oxygens (including phenoxy) is 1. The molecule has 0 atom stereocenters. The van der Waals surface area contributed by atoms with E-state index in [4.69, 9.17) is 15.4 Å².